The third-order valence-corrected chi connectivity index (χ3v) is 6.22. The van der Waals surface area contributed by atoms with E-state index in [4.69, 9.17) is 14.6 Å². The zero-order chi connectivity index (χ0) is 23.6. The summed E-state index contributed by atoms with van der Waals surface area (Å²) in [4.78, 5) is 12.2. The topological polar surface area (TPSA) is 55.8 Å². The highest BCUT2D eigenvalue weighted by atomic mass is 32.2. The van der Waals surface area contributed by atoms with Gasteiger partial charge in [0.15, 0.2) is 0 Å². The maximum atomic E-state index is 11.0. The first-order chi connectivity index (χ1) is 16.0. The fraction of sp³-hybridized carbons (Fsp3) is 0.321. The Balaban J connectivity index is 1.78. The predicted octanol–water partition coefficient (Wildman–Crippen LogP) is 7.41. The number of hydrogen-bond acceptors (Lipinski definition) is 4. The number of aliphatic carboxylic acids is 1. The Kier molecular flexibility index (Phi) is 9.25. The third kappa shape index (κ3) is 7.29. The summed E-state index contributed by atoms with van der Waals surface area (Å²) in [6, 6.07) is 22.4. The second-order valence-corrected chi connectivity index (χ2v) is 9.00. The lowest BCUT2D eigenvalue weighted by Crippen LogP contribution is -2.03. The predicted molar refractivity (Wildman–Crippen MR) is 136 cm³/mol. The van der Waals surface area contributed by atoms with Crippen molar-refractivity contribution in [2.45, 2.75) is 50.5 Å². The first-order valence-electron chi connectivity index (χ1n) is 11.3. The van der Waals surface area contributed by atoms with Gasteiger partial charge in [0.25, 0.3) is 0 Å². The van der Waals surface area contributed by atoms with Crippen molar-refractivity contribution in [3.63, 3.8) is 0 Å². The van der Waals surface area contributed by atoms with Gasteiger partial charge in [0.1, 0.15) is 18.1 Å². The zero-order valence-electron chi connectivity index (χ0n) is 19.5. The lowest BCUT2D eigenvalue weighted by Gasteiger charge is -2.15. The fourth-order valence-corrected chi connectivity index (χ4v) is 4.05. The van der Waals surface area contributed by atoms with Crippen molar-refractivity contribution >= 4 is 17.7 Å². The van der Waals surface area contributed by atoms with Crippen molar-refractivity contribution in [1.82, 2.24) is 0 Å². The molecule has 5 heteroatoms. The first kappa shape index (κ1) is 24.7. The number of thioether (sulfide) groups is 1. The highest BCUT2D eigenvalue weighted by Gasteiger charge is 2.12. The second-order valence-electron chi connectivity index (χ2n) is 8.12. The summed E-state index contributed by atoms with van der Waals surface area (Å²) < 4.78 is 12.2. The van der Waals surface area contributed by atoms with Gasteiger partial charge in [-0.05, 0) is 65.6 Å². The lowest BCUT2D eigenvalue weighted by molar-refractivity contribution is -0.137. The van der Waals surface area contributed by atoms with E-state index in [0.29, 0.717) is 13.2 Å². The normalized spacial score (nSPS) is 11.7. The van der Waals surface area contributed by atoms with Crippen LogP contribution in [0.15, 0.2) is 71.6 Å². The van der Waals surface area contributed by atoms with Gasteiger partial charge in [-0.1, -0.05) is 56.7 Å². The van der Waals surface area contributed by atoms with Crippen LogP contribution in [0.1, 0.15) is 50.2 Å². The van der Waals surface area contributed by atoms with Gasteiger partial charge >= 0.3 is 5.97 Å². The number of unbranched alkanes of at least 4 members (excludes halogenated alkanes) is 1. The van der Waals surface area contributed by atoms with Gasteiger partial charge in [-0.25, -0.2) is 0 Å². The molecule has 174 valence electrons. The second kappa shape index (κ2) is 12.4. The largest absolute Gasteiger partial charge is 0.493 e. The molecule has 0 aliphatic rings. The molecule has 3 aromatic rings. The molecule has 3 aromatic carbocycles. The molecule has 1 N–H and O–H groups in total. The van der Waals surface area contributed by atoms with Crippen molar-refractivity contribution < 1.29 is 19.4 Å². The molecule has 0 saturated heterocycles. The van der Waals surface area contributed by atoms with Crippen LogP contribution in [-0.4, -0.2) is 23.9 Å². The molecule has 3 rings (SSSR count). The SMILES string of the molecule is CCCCOc1cc(COc2cccc([C@H](C)CC(=O)O)c2)ccc1-c1cccc(SC)c1. The Morgan fingerprint density at radius 2 is 1.85 bits per heavy atom. The molecular weight excluding hydrogens is 432 g/mol. The fourth-order valence-electron chi connectivity index (χ4n) is 3.59. The van der Waals surface area contributed by atoms with Gasteiger partial charge in [0.05, 0.1) is 13.0 Å². The number of carboxylic acid groups (broad SMARTS) is 1. The minimum absolute atomic E-state index is 0.0686. The summed E-state index contributed by atoms with van der Waals surface area (Å²) in [5.74, 6) is 0.732. The molecule has 0 fully saturated rings. The van der Waals surface area contributed by atoms with Crippen LogP contribution in [0.25, 0.3) is 11.1 Å². The van der Waals surface area contributed by atoms with Crippen molar-refractivity contribution in [3.8, 4) is 22.6 Å². The Morgan fingerprint density at radius 1 is 1.03 bits per heavy atom. The van der Waals surface area contributed by atoms with E-state index in [1.807, 2.05) is 31.2 Å². The minimum atomic E-state index is -0.799. The monoisotopic (exact) mass is 464 g/mol. The molecule has 4 nitrogen and oxygen atoms in total. The van der Waals surface area contributed by atoms with Crippen LogP contribution in [0.2, 0.25) is 0 Å². The van der Waals surface area contributed by atoms with Gasteiger partial charge in [0, 0.05) is 10.5 Å². The Bertz CT molecular complexity index is 1060. The first-order valence-corrected chi connectivity index (χ1v) is 12.6. The van der Waals surface area contributed by atoms with E-state index in [9.17, 15) is 4.79 Å². The van der Waals surface area contributed by atoms with E-state index < -0.39 is 5.97 Å². The van der Waals surface area contributed by atoms with Crippen molar-refractivity contribution in [1.29, 1.82) is 0 Å². The average Bonchev–Trinajstić information content (AvgIpc) is 2.83. The maximum absolute atomic E-state index is 11.0. The van der Waals surface area contributed by atoms with Crippen LogP contribution >= 0.6 is 11.8 Å². The van der Waals surface area contributed by atoms with Crippen LogP contribution in [-0.2, 0) is 11.4 Å². The smallest absolute Gasteiger partial charge is 0.303 e. The molecule has 0 aromatic heterocycles. The van der Waals surface area contributed by atoms with Crippen molar-refractivity contribution in [2.75, 3.05) is 12.9 Å². The molecule has 0 unspecified atom stereocenters. The Labute approximate surface area is 201 Å². The number of ether oxygens (including phenoxy) is 2. The van der Waals surface area contributed by atoms with E-state index in [1.54, 1.807) is 11.8 Å². The third-order valence-electron chi connectivity index (χ3n) is 5.50. The van der Waals surface area contributed by atoms with Crippen LogP contribution < -0.4 is 9.47 Å². The number of rotatable bonds is 12. The number of carboxylic acids is 1. The van der Waals surface area contributed by atoms with Gasteiger partial charge < -0.3 is 14.6 Å². The van der Waals surface area contributed by atoms with E-state index in [1.165, 1.54) is 4.90 Å². The highest BCUT2D eigenvalue weighted by Crippen LogP contribution is 2.34. The molecule has 0 spiro atoms. The molecule has 0 amide bonds. The van der Waals surface area contributed by atoms with Gasteiger partial charge in [0.2, 0.25) is 0 Å². The Hall–Kier alpha value is -2.92. The molecule has 0 bridgehead atoms. The van der Waals surface area contributed by atoms with Gasteiger partial charge in [-0.2, -0.15) is 0 Å². The molecule has 33 heavy (non-hydrogen) atoms. The number of hydrogen-bond donors (Lipinski definition) is 1. The minimum Gasteiger partial charge on any atom is -0.493 e. The van der Waals surface area contributed by atoms with Crippen LogP contribution in [0.5, 0.6) is 11.5 Å². The molecule has 0 saturated carbocycles. The molecule has 0 radical (unpaired) electrons. The number of benzene rings is 3. The highest BCUT2D eigenvalue weighted by molar-refractivity contribution is 7.98. The molecular formula is C28H32O4S. The van der Waals surface area contributed by atoms with E-state index in [2.05, 4.69) is 55.6 Å². The van der Waals surface area contributed by atoms with Crippen molar-refractivity contribution in [2.24, 2.45) is 0 Å². The van der Waals surface area contributed by atoms with E-state index >= 15 is 0 Å². The van der Waals surface area contributed by atoms with Crippen LogP contribution in [0.3, 0.4) is 0 Å². The summed E-state index contributed by atoms with van der Waals surface area (Å²) in [6.45, 7) is 5.16. The Morgan fingerprint density at radius 3 is 2.61 bits per heavy atom. The quantitative estimate of drug-likeness (QED) is 0.223. The maximum Gasteiger partial charge on any atom is 0.303 e. The lowest BCUT2D eigenvalue weighted by atomic mass is 9.98. The summed E-state index contributed by atoms with van der Waals surface area (Å²) >= 11 is 1.73. The standard InChI is InChI=1S/C28H32O4S/c1-4-5-14-31-27-16-21(12-13-26(27)23-9-7-11-25(18-23)33-3)19-32-24-10-6-8-22(17-24)20(2)15-28(29)30/h6-13,16-18,20H,4-5,14-15,19H2,1-3H3,(H,29,30)/t20-/m1/s1. The van der Waals surface area contributed by atoms with Gasteiger partial charge in [-0.3, -0.25) is 4.79 Å². The van der Waals surface area contributed by atoms with E-state index in [-0.39, 0.29) is 12.3 Å². The zero-order valence-corrected chi connectivity index (χ0v) is 20.4. The summed E-state index contributed by atoms with van der Waals surface area (Å²) in [7, 11) is 0. The summed E-state index contributed by atoms with van der Waals surface area (Å²) in [6.07, 6.45) is 4.26. The molecule has 1 atom stereocenters. The van der Waals surface area contributed by atoms with Gasteiger partial charge in [-0.15, -0.1) is 11.8 Å². The summed E-state index contributed by atoms with van der Waals surface area (Å²) in [5, 5.41) is 9.06. The molecule has 0 aliphatic carbocycles. The van der Waals surface area contributed by atoms with Crippen molar-refractivity contribution in [3.05, 3.63) is 77.9 Å². The molecule has 0 heterocycles. The molecule has 0 aliphatic heterocycles. The summed E-state index contributed by atoms with van der Waals surface area (Å²) in [5.41, 5.74) is 4.20. The van der Waals surface area contributed by atoms with Crippen LogP contribution in [0, 0.1) is 0 Å². The number of carbonyl (C=O) groups is 1. The average molecular weight is 465 g/mol. The van der Waals surface area contributed by atoms with E-state index in [0.717, 1.165) is 46.6 Å². The van der Waals surface area contributed by atoms with Crippen LogP contribution in [0.4, 0.5) is 0 Å².